The van der Waals surface area contributed by atoms with Crippen molar-refractivity contribution < 1.29 is 4.79 Å². The van der Waals surface area contributed by atoms with Gasteiger partial charge in [-0.05, 0) is 18.1 Å². The van der Waals surface area contributed by atoms with Crippen LogP contribution in [-0.4, -0.2) is 38.6 Å². The molecule has 6 nitrogen and oxygen atoms in total. The predicted octanol–water partition coefficient (Wildman–Crippen LogP) is 1.04. The highest BCUT2D eigenvalue weighted by Gasteiger charge is 2.02. The van der Waals surface area contributed by atoms with Gasteiger partial charge in [0.05, 0.1) is 6.20 Å². The van der Waals surface area contributed by atoms with Crippen molar-refractivity contribution in [1.82, 2.24) is 25.7 Å². The number of rotatable bonds is 7. The smallest absolute Gasteiger partial charge is 0.220 e. The first-order valence-corrected chi connectivity index (χ1v) is 6.97. The van der Waals surface area contributed by atoms with Crippen LogP contribution in [0.5, 0.6) is 0 Å². The number of thioether (sulfide) groups is 1. The summed E-state index contributed by atoms with van der Waals surface area (Å²) in [5.41, 5.74) is 1.08. The van der Waals surface area contributed by atoms with E-state index < -0.39 is 0 Å². The summed E-state index contributed by atoms with van der Waals surface area (Å²) in [5, 5.41) is 13.9. The summed E-state index contributed by atoms with van der Waals surface area (Å²) in [6, 6.07) is 3.85. The number of carbonyl (C=O) groups excluding carboxylic acids is 1. The zero-order valence-electron chi connectivity index (χ0n) is 10.4. The normalized spacial score (nSPS) is 10.3. The molecule has 100 valence electrons. The van der Waals surface area contributed by atoms with Crippen molar-refractivity contribution in [2.75, 3.05) is 12.3 Å². The lowest BCUT2D eigenvalue weighted by Crippen LogP contribution is -2.25. The van der Waals surface area contributed by atoms with Gasteiger partial charge in [-0.1, -0.05) is 6.07 Å². The molecule has 7 heteroatoms. The van der Waals surface area contributed by atoms with Gasteiger partial charge in [-0.15, -0.1) is 16.9 Å². The number of nitrogens with zero attached hydrogens (tertiary/aromatic N) is 3. The summed E-state index contributed by atoms with van der Waals surface area (Å²) in [4.78, 5) is 15.6. The molecule has 2 N–H and O–H groups in total. The summed E-state index contributed by atoms with van der Waals surface area (Å²) in [7, 11) is 0. The molecule has 0 aromatic carbocycles. The Kier molecular flexibility index (Phi) is 5.36. The van der Waals surface area contributed by atoms with E-state index in [0.717, 1.165) is 22.8 Å². The minimum atomic E-state index is 0.0598. The molecule has 0 saturated carbocycles. The van der Waals surface area contributed by atoms with E-state index in [-0.39, 0.29) is 5.91 Å². The van der Waals surface area contributed by atoms with E-state index >= 15 is 0 Å². The van der Waals surface area contributed by atoms with Gasteiger partial charge >= 0.3 is 0 Å². The Morgan fingerprint density at radius 3 is 3.11 bits per heavy atom. The van der Waals surface area contributed by atoms with E-state index in [0.29, 0.717) is 13.0 Å². The summed E-state index contributed by atoms with van der Waals surface area (Å²) < 4.78 is 0. The Balaban J connectivity index is 1.57. The lowest BCUT2D eigenvalue weighted by molar-refractivity contribution is -0.120. The average Bonchev–Trinajstić information content (AvgIpc) is 2.96. The van der Waals surface area contributed by atoms with Gasteiger partial charge < -0.3 is 5.32 Å². The summed E-state index contributed by atoms with van der Waals surface area (Å²) in [6.07, 6.45) is 6.38. The maximum Gasteiger partial charge on any atom is 0.220 e. The first-order valence-electron chi connectivity index (χ1n) is 5.99. The van der Waals surface area contributed by atoms with Crippen molar-refractivity contribution in [3.05, 3.63) is 36.3 Å². The molecule has 0 aliphatic rings. The van der Waals surface area contributed by atoms with Crippen LogP contribution in [0.1, 0.15) is 12.0 Å². The Morgan fingerprint density at radius 1 is 1.42 bits per heavy atom. The second-order valence-corrected chi connectivity index (χ2v) is 4.98. The fraction of sp³-hybridized carbons (Fsp3) is 0.333. The third-order valence-electron chi connectivity index (χ3n) is 2.43. The van der Waals surface area contributed by atoms with Crippen molar-refractivity contribution >= 4 is 17.7 Å². The fourth-order valence-corrected chi connectivity index (χ4v) is 2.14. The van der Waals surface area contributed by atoms with Crippen LogP contribution < -0.4 is 5.32 Å². The number of hydrogen-bond donors (Lipinski definition) is 2. The topological polar surface area (TPSA) is 83.6 Å². The molecule has 2 heterocycles. The van der Waals surface area contributed by atoms with Crippen LogP contribution in [0.15, 0.2) is 35.7 Å². The monoisotopic (exact) mass is 277 g/mol. The van der Waals surface area contributed by atoms with Crippen LogP contribution >= 0.6 is 11.8 Å². The molecular weight excluding hydrogens is 262 g/mol. The van der Waals surface area contributed by atoms with E-state index in [1.54, 1.807) is 30.4 Å². The van der Waals surface area contributed by atoms with Crippen LogP contribution in [0.2, 0.25) is 0 Å². The third kappa shape index (κ3) is 5.09. The van der Waals surface area contributed by atoms with Crippen LogP contribution in [0.25, 0.3) is 0 Å². The van der Waals surface area contributed by atoms with Crippen molar-refractivity contribution in [2.45, 2.75) is 17.9 Å². The summed E-state index contributed by atoms with van der Waals surface area (Å²) in [6.45, 7) is 0.628. The minimum Gasteiger partial charge on any atom is -0.355 e. The number of aromatic amines is 1. The highest BCUT2D eigenvalue weighted by molar-refractivity contribution is 7.99. The molecule has 19 heavy (non-hydrogen) atoms. The van der Waals surface area contributed by atoms with Gasteiger partial charge in [0.2, 0.25) is 5.91 Å². The van der Waals surface area contributed by atoms with Gasteiger partial charge in [0, 0.05) is 31.1 Å². The molecule has 0 fully saturated rings. The molecule has 0 aliphatic carbocycles. The van der Waals surface area contributed by atoms with E-state index in [4.69, 9.17) is 0 Å². The highest BCUT2D eigenvalue weighted by atomic mass is 32.2. The Hall–Kier alpha value is -1.89. The van der Waals surface area contributed by atoms with E-state index in [2.05, 4.69) is 25.7 Å². The molecular formula is C12H15N5OS. The van der Waals surface area contributed by atoms with E-state index in [1.807, 2.05) is 12.1 Å². The number of nitrogens with one attached hydrogen (secondary N) is 2. The second-order valence-electron chi connectivity index (χ2n) is 3.87. The molecule has 0 atom stereocenters. The molecule has 0 aliphatic heterocycles. The molecule has 0 bridgehead atoms. The molecule has 0 unspecified atom stereocenters. The maximum absolute atomic E-state index is 11.6. The largest absolute Gasteiger partial charge is 0.355 e. The van der Waals surface area contributed by atoms with Gasteiger partial charge in [-0.25, -0.2) is 0 Å². The molecule has 2 rings (SSSR count). The van der Waals surface area contributed by atoms with Crippen molar-refractivity contribution in [2.24, 2.45) is 0 Å². The Bertz CT molecular complexity index is 488. The standard InChI is InChI=1S/C12H15N5OS/c18-11(4-3-10-2-1-5-13-8-10)14-6-7-19-12-9-15-17-16-12/h1-2,5,8-9H,3-4,6-7H2,(H,14,18)(H,15,16,17). The van der Waals surface area contributed by atoms with Crippen molar-refractivity contribution in [1.29, 1.82) is 0 Å². The molecule has 0 radical (unpaired) electrons. The van der Waals surface area contributed by atoms with Gasteiger partial charge in [0.1, 0.15) is 5.03 Å². The number of hydrogen-bond acceptors (Lipinski definition) is 5. The number of pyridine rings is 1. The predicted molar refractivity (Wildman–Crippen MR) is 72.7 cm³/mol. The van der Waals surface area contributed by atoms with Crippen LogP contribution in [-0.2, 0) is 11.2 Å². The van der Waals surface area contributed by atoms with Crippen LogP contribution in [0.4, 0.5) is 0 Å². The number of amides is 1. The zero-order chi connectivity index (χ0) is 13.3. The van der Waals surface area contributed by atoms with Gasteiger partial charge in [0.15, 0.2) is 0 Å². The minimum absolute atomic E-state index is 0.0598. The highest BCUT2D eigenvalue weighted by Crippen LogP contribution is 2.10. The van der Waals surface area contributed by atoms with Gasteiger partial charge in [-0.2, -0.15) is 10.3 Å². The number of H-pyrrole nitrogens is 1. The van der Waals surface area contributed by atoms with Crippen molar-refractivity contribution in [3.8, 4) is 0 Å². The lowest BCUT2D eigenvalue weighted by atomic mass is 10.1. The van der Waals surface area contributed by atoms with Gasteiger partial charge in [0.25, 0.3) is 0 Å². The first-order chi connectivity index (χ1) is 9.34. The quantitative estimate of drug-likeness (QED) is 0.583. The summed E-state index contributed by atoms with van der Waals surface area (Å²) in [5.74, 6) is 0.843. The lowest BCUT2D eigenvalue weighted by Gasteiger charge is -2.04. The molecule has 0 spiro atoms. The Labute approximate surface area is 115 Å². The number of carbonyl (C=O) groups is 1. The maximum atomic E-state index is 11.6. The van der Waals surface area contributed by atoms with Crippen LogP contribution in [0, 0.1) is 0 Å². The first kappa shape index (κ1) is 13.5. The SMILES string of the molecule is O=C(CCc1cccnc1)NCCSc1cn[nH]n1. The molecule has 2 aromatic heterocycles. The average molecular weight is 277 g/mol. The fourth-order valence-electron chi connectivity index (χ4n) is 1.50. The second kappa shape index (κ2) is 7.52. The van der Waals surface area contributed by atoms with Gasteiger partial charge in [-0.3, -0.25) is 9.78 Å². The van der Waals surface area contributed by atoms with E-state index in [9.17, 15) is 4.79 Å². The van der Waals surface area contributed by atoms with Crippen molar-refractivity contribution in [3.63, 3.8) is 0 Å². The third-order valence-corrected chi connectivity index (χ3v) is 3.33. The number of aromatic nitrogens is 4. The zero-order valence-corrected chi connectivity index (χ0v) is 11.2. The molecule has 2 aromatic rings. The molecule has 1 amide bonds. The van der Waals surface area contributed by atoms with E-state index in [1.165, 1.54) is 0 Å². The summed E-state index contributed by atoms with van der Waals surface area (Å²) >= 11 is 1.55. The number of aryl methyl sites for hydroxylation is 1. The Morgan fingerprint density at radius 2 is 2.37 bits per heavy atom. The van der Waals surface area contributed by atoms with Crippen LogP contribution in [0.3, 0.4) is 0 Å². The molecule has 0 saturated heterocycles.